The van der Waals surface area contributed by atoms with Gasteiger partial charge in [-0.15, -0.1) is 0 Å². The van der Waals surface area contributed by atoms with E-state index in [0.29, 0.717) is 5.82 Å². The average molecular weight is 399 g/mol. The van der Waals surface area contributed by atoms with Gasteiger partial charge in [0, 0.05) is 73.4 Å². The van der Waals surface area contributed by atoms with Gasteiger partial charge < -0.3 is 15.6 Å². The quantitative estimate of drug-likeness (QED) is 0.549. The van der Waals surface area contributed by atoms with Crippen LogP contribution in [0.4, 0.5) is 5.82 Å². The van der Waals surface area contributed by atoms with E-state index in [1.807, 2.05) is 24.5 Å². The van der Waals surface area contributed by atoms with Gasteiger partial charge in [-0.1, -0.05) is 18.2 Å². The molecule has 6 heteroatoms. The number of benzene rings is 1. The molecule has 152 valence electrons. The molecule has 6 nitrogen and oxygen atoms in total. The third kappa shape index (κ3) is 3.79. The number of nitrogens with zero attached hydrogens (tertiary/aromatic N) is 4. The Morgan fingerprint density at radius 1 is 0.933 bits per heavy atom. The molecule has 1 aliphatic heterocycles. The van der Waals surface area contributed by atoms with Gasteiger partial charge in [0.1, 0.15) is 11.5 Å². The standard InChI is InChI=1S/C24H26N6/c1-29-7-9-30(10-8-29)16-17-3-2-4-18(11-17)20-12-21-22(15-28-24(21)27-14-20)19-5-6-23(25)26-13-19/h2-6,11-15H,7-10,16H2,1H3,(H2,25,26)(H,27,28). The zero-order valence-electron chi connectivity index (χ0n) is 17.2. The number of likely N-dealkylation sites (N-methyl/N-ethyl adjacent to an activating group) is 1. The van der Waals surface area contributed by atoms with Crippen LogP contribution in [-0.4, -0.2) is 58.0 Å². The lowest BCUT2D eigenvalue weighted by Crippen LogP contribution is -2.43. The van der Waals surface area contributed by atoms with Gasteiger partial charge in [-0.05, 0) is 42.4 Å². The van der Waals surface area contributed by atoms with E-state index >= 15 is 0 Å². The summed E-state index contributed by atoms with van der Waals surface area (Å²) in [4.78, 5) is 17.1. The minimum atomic E-state index is 0.523. The Hall–Kier alpha value is -3.22. The molecular weight excluding hydrogens is 372 g/mol. The lowest BCUT2D eigenvalue weighted by atomic mass is 10.0. The van der Waals surface area contributed by atoms with Crippen LogP contribution in [-0.2, 0) is 6.54 Å². The Kier molecular flexibility index (Phi) is 4.94. The van der Waals surface area contributed by atoms with Crippen LogP contribution in [0.5, 0.6) is 0 Å². The van der Waals surface area contributed by atoms with Crippen LogP contribution in [0.1, 0.15) is 5.56 Å². The normalized spacial score (nSPS) is 15.6. The number of fused-ring (bicyclic) bond motifs is 1. The number of nitrogen functional groups attached to an aromatic ring is 1. The number of nitrogens with two attached hydrogens (primary N) is 1. The fourth-order valence-corrected chi connectivity index (χ4v) is 4.08. The molecule has 0 amide bonds. The lowest BCUT2D eigenvalue weighted by molar-refractivity contribution is 0.148. The van der Waals surface area contributed by atoms with E-state index in [2.05, 4.69) is 62.1 Å². The summed E-state index contributed by atoms with van der Waals surface area (Å²) in [6.45, 7) is 5.50. The monoisotopic (exact) mass is 398 g/mol. The molecule has 1 aromatic carbocycles. The van der Waals surface area contributed by atoms with Crippen LogP contribution in [0.2, 0.25) is 0 Å². The summed E-state index contributed by atoms with van der Waals surface area (Å²) >= 11 is 0. The molecule has 4 aromatic rings. The van der Waals surface area contributed by atoms with Gasteiger partial charge in [0.2, 0.25) is 0 Å². The van der Waals surface area contributed by atoms with E-state index in [0.717, 1.165) is 60.4 Å². The van der Waals surface area contributed by atoms with E-state index < -0.39 is 0 Å². The van der Waals surface area contributed by atoms with Gasteiger partial charge in [0.15, 0.2) is 0 Å². The molecule has 30 heavy (non-hydrogen) atoms. The molecular formula is C24H26N6. The van der Waals surface area contributed by atoms with Crippen molar-refractivity contribution in [2.45, 2.75) is 6.54 Å². The predicted octanol–water partition coefficient (Wildman–Crippen LogP) is 3.62. The number of piperazine rings is 1. The fraction of sp³-hybridized carbons (Fsp3) is 0.250. The maximum Gasteiger partial charge on any atom is 0.137 e. The second-order valence-electron chi connectivity index (χ2n) is 8.07. The van der Waals surface area contributed by atoms with Crippen LogP contribution in [0.3, 0.4) is 0 Å². The maximum atomic E-state index is 5.74. The average Bonchev–Trinajstić information content (AvgIpc) is 3.19. The summed E-state index contributed by atoms with van der Waals surface area (Å²) in [5.41, 5.74) is 12.4. The number of aromatic amines is 1. The SMILES string of the molecule is CN1CCN(Cc2cccc(-c3cnc4[nH]cc(-c5ccc(N)nc5)c4c3)c2)CC1. The molecule has 0 spiro atoms. The minimum absolute atomic E-state index is 0.523. The second-order valence-corrected chi connectivity index (χ2v) is 8.07. The van der Waals surface area contributed by atoms with Crippen molar-refractivity contribution >= 4 is 16.9 Å². The van der Waals surface area contributed by atoms with Crippen LogP contribution in [0, 0.1) is 0 Å². The molecule has 3 N–H and O–H groups in total. The van der Waals surface area contributed by atoms with Crippen molar-refractivity contribution in [3.05, 3.63) is 66.6 Å². The number of anilines is 1. The third-order valence-corrected chi connectivity index (χ3v) is 5.89. The molecule has 1 aliphatic rings. The number of hydrogen-bond donors (Lipinski definition) is 2. The minimum Gasteiger partial charge on any atom is -0.384 e. The molecule has 0 aliphatic carbocycles. The summed E-state index contributed by atoms with van der Waals surface area (Å²) in [6.07, 6.45) is 5.73. The van der Waals surface area contributed by atoms with E-state index in [4.69, 9.17) is 5.73 Å². The summed E-state index contributed by atoms with van der Waals surface area (Å²) < 4.78 is 0. The van der Waals surface area contributed by atoms with Crippen LogP contribution >= 0.6 is 0 Å². The van der Waals surface area contributed by atoms with Gasteiger partial charge in [-0.3, -0.25) is 4.90 Å². The largest absolute Gasteiger partial charge is 0.384 e. The molecule has 5 rings (SSSR count). The second kappa shape index (κ2) is 7.89. The molecule has 0 bridgehead atoms. The first kappa shape index (κ1) is 18.8. The highest BCUT2D eigenvalue weighted by atomic mass is 15.2. The first-order valence-electron chi connectivity index (χ1n) is 10.3. The first-order valence-corrected chi connectivity index (χ1v) is 10.3. The molecule has 1 fully saturated rings. The molecule has 3 aromatic heterocycles. The van der Waals surface area contributed by atoms with Crippen molar-refractivity contribution in [3.8, 4) is 22.3 Å². The predicted molar refractivity (Wildman–Crippen MR) is 122 cm³/mol. The highest BCUT2D eigenvalue weighted by molar-refractivity contribution is 5.95. The van der Waals surface area contributed by atoms with Crippen molar-refractivity contribution in [3.63, 3.8) is 0 Å². The Morgan fingerprint density at radius 2 is 1.77 bits per heavy atom. The Balaban J connectivity index is 1.44. The topological polar surface area (TPSA) is 74.1 Å². The van der Waals surface area contributed by atoms with E-state index in [-0.39, 0.29) is 0 Å². The smallest absolute Gasteiger partial charge is 0.137 e. The third-order valence-electron chi connectivity index (χ3n) is 5.89. The van der Waals surface area contributed by atoms with Crippen molar-refractivity contribution in [1.82, 2.24) is 24.8 Å². The summed E-state index contributed by atoms with van der Waals surface area (Å²) in [5.74, 6) is 0.523. The summed E-state index contributed by atoms with van der Waals surface area (Å²) in [6, 6.07) is 14.8. The number of rotatable bonds is 4. The van der Waals surface area contributed by atoms with E-state index in [1.54, 1.807) is 6.20 Å². The van der Waals surface area contributed by atoms with Crippen molar-refractivity contribution in [2.75, 3.05) is 39.0 Å². The van der Waals surface area contributed by atoms with Gasteiger partial charge in [0.05, 0.1) is 0 Å². The molecule has 0 radical (unpaired) electrons. The number of nitrogens with one attached hydrogen (secondary N) is 1. The van der Waals surface area contributed by atoms with Crippen molar-refractivity contribution in [2.24, 2.45) is 0 Å². The van der Waals surface area contributed by atoms with E-state index in [9.17, 15) is 0 Å². The Morgan fingerprint density at radius 3 is 2.57 bits per heavy atom. The molecule has 0 atom stereocenters. The highest BCUT2D eigenvalue weighted by Gasteiger charge is 2.14. The van der Waals surface area contributed by atoms with Gasteiger partial charge in [-0.2, -0.15) is 0 Å². The molecule has 0 saturated carbocycles. The lowest BCUT2D eigenvalue weighted by Gasteiger charge is -2.32. The van der Waals surface area contributed by atoms with Crippen LogP contribution in [0.15, 0.2) is 61.1 Å². The maximum absolute atomic E-state index is 5.74. The van der Waals surface area contributed by atoms with Gasteiger partial charge in [-0.25, -0.2) is 9.97 Å². The Bertz CT molecular complexity index is 1160. The molecule has 1 saturated heterocycles. The van der Waals surface area contributed by atoms with Gasteiger partial charge in [0.25, 0.3) is 0 Å². The van der Waals surface area contributed by atoms with Crippen LogP contribution in [0.25, 0.3) is 33.3 Å². The number of aromatic nitrogens is 3. The molecule has 4 heterocycles. The summed E-state index contributed by atoms with van der Waals surface area (Å²) in [7, 11) is 2.19. The van der Waals surface area contributed by atoms with Crippen LogP contribution < -0.4 is 5.73 Å². The van der Waals surface area contributed by atoms with Crippen molar-refractivity contribution in [1.29, 1.82) is 0 Å². The first-order chi connectivity index (χ1) is 14.7. The summed E-state index contributed by atoms with van der Waals surface area (Å²) in [5, 5.41) is 1.09. The zero-order chi connectivity index (χ0) is 20.5. The highest BCUT2D eigenvalue weighted by Crippen LogP contribution is 2.31. The number of pyridine rings is 2. The Labute approximate surface area is 176 Å². The fourth-order valence-electron chi connectivity index (χ4n) is 4.08. The zero-order valence-corrected chi connectivity index (χ0v) is 17.2. The molecule has 0 unspecified atom stereocenters. The number of hydrogen-bond acceptors (Lipinski definition) is 5. The van der Waals surface area contributed by atoms with E-state index in [1.165, 1.54) is 11.1 Å². The number of H-pyrrole nitrogens is 1. The van der Waals surface area contributed by atoms with Crippen molar-refractivity contribution < 1.29 is 0 Å². The van der Waals surface area contributed by atoms with Gasteiger partial charge >= 0.3 is 0 Å².